The predicted octanol–water partition coefficient (Wildman–Crippen LogP) is 4.40. The van der Waals surface area contributed by atoms with Crippen molar-refractivity contribution in [3.63, 3.8) is 0 Å². The highest BCUT2D eigenvalue weighted by Gasteiger charge is 2.22. The summed E-state index contributed by atoms with van der Waals surface area (Å²) in [6.45, 7) is 2.06. The Hall–Kier alpha value is -2.29. The summed E-state index contributed by atoms with van der Waals surface area (Å²) in [4.78, 5) is 12.7. The maximum absolute atomic E-state index is 12.7. The summed E-state index contributed by atoms with van der Waals surface area (Å²) in [7, 11) is 0. The van der Waals surface area contributed by atoms with E-state index in [9.17, 15) is 10.1 Å². The number of hydrogen-bond donors (Lipinski definition) is 0. The van der Waals surface area contributed by atoms with Gasteiger partial charge < -0.3 is 14.0 Å². The fraction of sp³-hybridized carbons (Fsp3) is 0.455. The number of hydrogen-bond acceptors (Lipinski definition) is 4. The van der Waals surface area contributed by atoms with Crippen LogP contribution in [0.3, 0.4) is 0 Å². The van der Waals surface area contributed by atoms with Crippen molar-refractivity contribution < 1.29 is 9.47 Å². The Bertz CT molecular complexity index is 953. The Balaban J connectivity index is 1.57. The maximum atomic E-state index is 12.7. The number of aromatic nitrogens is 1. The largest absolute Gasteiger partial charge is 0.489 e. The van der Waals surface area contributed by atoms with Crippen LogP contribution in [0.1, 0.15) is 37.7 Å². The van der Waals surface area contributed by atoms with Crippen molar-refractivity contribution in [2.45, 2.75) is 44.8 Å². The van der Waals surface area contributed by atoms with Gasteiger partial charge in [-0.15, -0.1) is 0 Å². The van der Waals surface area contributed by atoms with Crippen molar-refractivity contribution in [2.24, 2.45) is 5.92 Å². The molecule has 0 amide bonds. The molecule has 146 valence electrons. The fourth-order valence-corrected chi connectivity index (χ4v) is 3.79. The van der Waals surface area contributed by atoms with Crippen LogP contribution in [-0.2, 0) is 11.3 Å². The minimum Gasteiger partial charge on any atom is -0.489 e. The number of aryl methyl sites for hydroxylation is 1. The third-order valence-corrected chi connectivity index (χ3v) is 5.75. The Morgan fingerprint density at radius 2 is 2.00 bits per heavy atom. The summed E-state index contributed by atoms with van der Waals surface area (Å²) in [6.07, 6.45) is 7.06. The molecule has 4 rings (SSSR count). The van der Waals surface area contributed by atoms with E-state index in [-0.39, 0.29) is 17.2 Å². The average molecular weight is 399 g/mol. The predicted molar refractivity (Wildman–Crippen MR) is 108 cm³/mol. The third-order valence-electron chi connectivity index (χ3n) is 5.46. The van der Waals surface area contributed by atoms with Crippen LogP contribution in [0, 0.1) is 17.2 Å². The first-order valence-electron chi connectivity index (χ1n) is 9.83. The summed E-state index contributed by atoms with van der Waals surface area (Å²) < 4.78 is 13.0. The summed E-state index contributed by atoms with van der Waals surface area (Å²) in [6, 6.07) is 9.34. The van der Waals surface area contributed by atoms with Gasteiger partial charge in [0.1, 0.15) is 23.5 Å². The topological polar surface area (TPSA) is 64.2 Å². The molecule has 2 aliphatic rings. The van der Waals surface area contributed by atoms with Crippen LogP contribution in [-0.4, -0.2) is 23.9 Å². The molecule has 1 aliphatic heterocycles. The van der Waals surface area contributed by atoms with Crippen LogP contribution >= 0.6 is 11.6 Å². The molecule has 2 fully saturated rings. The highest BCUT2D eigenvalue weighted by atomic mass is 35.5. The standard InChI is InChI=1S/C22H23ClN2O3/c23-20-13-16(3-4-21(20)28-17-7-11-27-12-8-17)18-6-10-25(9-5-15-1-2-15)22(26)19(18)14-24/h3-4,6,10,13,15,17H,1-2,5,7-9,11-12H2. The number of halogens is 1. The van der Waals surface area contributed by atoms with Crippen LogP contribution in [0.25, 0.3) is 11.1 Å². The fourth-order valence-electron chi connectivity index (χ4n) is 3.56. The lowest BCUT2D eigenvalue weighted by molar-refractivity contribution is 0.0256. The zero-order valence-electron chi connectivity index (χ0n) is 15.7. The lowest BCUT2D eigenvalue weighted by Gasteiger charge is -2.24. The molecule has 28 heavy (non-hydrogen) atoms. The van der Waals surface area contributed by atoms with Crippen LogP contribution in [0.4, 0.5) is 0 Å². The van der Waals surface area contributed by atoms with E-state index in [4.69, 9.17) is 21.1 Å². The van der Waals surface area contributed by atoms with Gasteiger partial charge in [-0.05, 0) is 36.1 Å². The lowest BCUT2D eigenvalue weighted by Crippen LogP contribution is -2.26. The number of rotatable bonds is 6. The Kier molecular flexibility index (Phi) is 5.70. The highest BCUT2D eigenvalue weighted by molar-refractivity contribution is 6.32. The molecule has 6 heteroatoms. The Morgan fingerprint density at radius 3 is 2.68 bits per heavy atom. The monoisotopic (exact) mass is 398 g/mol. The molecule has 0 atom stereocenters. The van der Waals surface area contributed by atoms with Crippen LogP contribution in [0.15, 0.2) is 35.3 Å². The van der Waals surface area contributed by atoms with E-state index in [0.29, 0.717) is 36.1 Å². The third kappa shape index (κ3) is 4.24. The molecule has 1 aromatic heterocycles. The van der Waals surface area contributed by atoms with E-state index < -0.39 is 0 Å². The molecule has 1 aliphatic carbocycles. The number of benzene rings is 1. The van der Waals surface area contributed by atoms with E-state index >= 15 is 0 Å². The van der Waals surface area contributed by atoms with Gasteiger partial charge in [0.2, 0.25) is 0 Å². The average Bonchev–Trinajstić information content (AvgIpc) is 3.54. The van der Waals surface area contributed by atoms with Gasteiger partial charge in [-0.25, -0.2) is 0 Å². The number of ether oxygens (including phenoxy) is 2. The summed E-state index contributed by atoms with van der Waals surface area (Å²) in [5.74, 6) is 1.35. The SMILES string of the molecule is N#Cc1c(-c2ccc(OC3CCOCC3)c(Cl)c2)ccn(CCC2CC2)c1=O. The van der Waals surface area contributed by atoms with E-state index in [1.165, 1.54) is 12.8 Å². The molecule has 0 unspecified atom stereocenters. The van der Waals surface area contributed by atoms with Crippen molar-refractivity contribution >= 4 is 11.6 Å². The molecule has 0 radical (unpaired) electrons. The van der Waals surface area contributed by atoms with Gasteiger partial charge >= 0.3 is 0 Å². The second kappa shape index (κ2) is 8.38. The van der Waals surface area contributed by atoms with Crippen LogP contribution in [0.2, 0.25) is 5.02 Å². The smallest absolute Gasteiger partial charge is 0.269 e. The molecule has 5 nitrogen and oxygen atoms in total. The molecule has 0 N–H and O–H groups in total. The first kappa shape index (κ1) is 19.0. The number of nitrogens with zero attached hydrogens (tertiary/aromatic N) is 2. The maximum Gasteiger partial charge on any atom is 0.269 e. The van der Waals surface area contributed by atoms with Gasteiger partial charge in [-0.3, -0.25) is 4.79 Å². The van der Waals surface area contributed by atoms with Gasteiger partial charge in [0, 0.05) is 31.1 Å². The number of nitriles is 1. The van der Waals surface area contributed by atoms with E-state index in [1.807, 2.05) is 18.2 Å². The van der Waals surface area contributed by atoms with E-state index in [1.54, 1.807) is 16.8 Å². The second-order valence-electron chi connectivity index (χ2n) is 7.52. The molecule has 0 spiro atoms. The van der Waals surface area contributed by atoms with Gasteiger partial charge in [-0.1, -0.05) is 30.5 Å². The molecular formula is C22H23ClN2O3. The molecule has 1 saturated carbocycles. The molecular weight excluding hydrogens is 376 g/mol. The molecule has 1 saturated heterocycles. The van der Waals surface area contributed by atoms with Gasteiger partial charge in [-0.2, -0.15) is 5.26 Å². The Labute approximate surface area is 169 Å². The van der Waals surface area contributed by atoms with Gasteiger partial charge in [0.05, 0.1) is 18.2 Å². The molecule has 2 aromatic rings. The first-order valence-corrected chi connectivity index (χ1v) is 10.2. The molecule has 0 bridgehead atoms. The Morgan fingerprint density at radius 1 is 1.21 bits per heavy atom. The quantitative estimate of drug-likeness (QED) is 0.723. The van der Waals surface area contributed by atoms with Crippen molar-refractivity contribution in [1.82, 2.24) is 4.57 Å². The molecule has 1 aromatic carbocycles. The van der Waals surface area contributed by atoms with Crippen molar-refractivity contribution in [3.05, 3.63) is 51.4 Å². The lowest BCUT2D eigenvalue weighted by atomic mass is 10.0. The van der Waals surface area contributed by atoms with Crippen molar-refractivity contribution in [1.29, 1.82) is 5.26 Å². The van der Waals surface area contributed by atoms with E-state index in [0.717, 1.165) is 30.7 Å². The zero-order chi connectivity index (χ0) is 19.5. The van der Waals surface area contributed by atoms with Crippen LogP contribution in [0.5, 0.6) is 5.75 Å². The summed E-state index contributed by atoms with van der Waals surface area (Å²) in [5, 5.41) is 10.1. The van der Waals surface area contributed by atoms with Gasteiger partial charge in [0.15, 0.2) is 0 Å². The van der Waals surface area contributed by atoms with Crippen molar-refractivity contribution in [2.75, 3.05) is 13.2 Å². The minimum absolute atomic E-state index is 0.0992. The van der Waals surface area contributed by atoms with E-state index in [2.05, 4.69) is 6.07 Å². The van der Waals surface area contributed by atoms with Gasteiger partial charge in [0.25, 0.3) is 5.56 Å². The second-order valence-corrected chi connectivity index (χ2v) is 7.93. The number of pyridine rings is 1. The first-order chi connectivity index (χ1) is 13.7. The highest BCUT2D eigenvalue weighted by Crippen LogP contribution is 2.34. The van der Waals surface area contributed by atoms with Crippen molar-refractivity contribution in [3.8, 4) is 22.9 Å². The normalized spacial score (nSPS) is 17.3. The molecule has 2 heterocycles. The van der Waals surface area contributed by atoms with Crippen LogP contribution < -0.4 is 10.3 Å². The zero-order valence-corrected chi connectivity index (χ0v) is 16.5. The summed E-state index contributed by atoms with van der Waals surface area (Å²) in [5.41, 5.74) is 1.27. The summed E-state index contributed by atoms with van der Waals surface area (Å²) >= 11 is 6.43. The minimum atomic E-state index is -0.237.